The number of nitrogens with zero attached hydrogens (tertiary/aromatic N) is 2. The van der Waals surface area contributed by atoms with Crippen molar-refractivity contribution in [3.8, 4) is 0 Å². The Morgan fingerprint density at radius 3 is 2.38 bits per heavy atom. The topological polar surface area (TPSA) is 62.3 Å². The highest BCUT2D eigenvalue weighted by Gasteiger charge is 2.31. The van der Waals surface area contributed by atoms with Gasteiger partial charge >= 0.3 is 0 Å². The normalized spacial score (nSPS) is 18.8. The van der Waals surface area contributed by atoms with Gasteiger partial charge in [0.05, 0.1) is 0 Å². The lowest BCUT2D eigenvalue weighted by Crippen LogP contribution is -2.37. The average molecular weight is 394 g/mol. The average Bonchev–Trinajstić information content (AvgIpc) is 2.78. The summed E-state index contributed by atoms with van der Waals surface area (Å²) in [5, 5.41) is 3.10. The number of pyridine rings is 1. The van der Waals surface area contributed by atoms with Crippen LogP contribution in [0.4, 0.5) is 5.69 Å². The van der Waals surface area contributed by atoms with E-state index in [0.29, 0.717) is 6.54 Å². The zero-order valence-corrected chi connectivity index (χ0v) is 17.4. The number of carbonyl (C=O) groups excluding carboxylic acids is 2. The predicted molar refractivity (Wildman–Crippen MR) is 115 cm³/mol. The number of hydrogen-bond donors (Lipinski definition) is 1. The van der Waals surface area contributed by atoms with Crippen LogP contribution in [0.1, 0.15) is 43.7 Å². The molecule has 5 heteroatoms. The molecule has 0 spiro atoms. The Labute approximate surface area is 173 Å². The first-order valence-corrected chi connectivity index (χ1v) is 10.6. The zero-order chi connectivity index (χ0) is 20.6. The largest absolute Gasteiger partial charge is 0.345 e. The van der Waals surface area contributed by atoms with Crippen LogP contribution >= 0.6 is 0 Å². The van der Waals surface area contributed by atoms with Gasteiger partial charge in [-0.15, -0.1) is 0 Å². The molecule has 2 aromatic rings. The van der Waals surface area contributed by atoms with Crippen LogP contribution in [0, 0.1) is 11.8 Å². The summed E-state index contributed by atoms with van der Waals surface area (Å²) in [6, 6.07) is 11.9. The quantitative estimate of drug-likeness (QED) is 0.771. The monoisotopic (exact) mass is 393 g/mol. The van der Waals surface area contributed by atoms with E-state index in [4.69, 9.17) is 0 Å². The summed E-state index contributed by atoms with van der Waals surface area (Å²) in [4.78, 5) is 31.3. The molecule has 1 saturated carbocycles. The molecule has 1 aromatic carbocycles. The van der Waals surface area contributed by atoms with Crippen LogP contribution in [-0.2, 0) is 22.4 Å². The van der Waals surface area contributed by atoms with Crippen LogP contribution in [0.25, 0.3) is 0 Å². The number of anilines is 1. The van der Waals surface area contributed by atoms with Gasteiger partial charge in [-0.1, -0.05) is 25.1 Å². The summed E-state index contributed by atoms with van der Waals surface area (Å²) < 4.78 is 0. The molecule has 0 saturated heterocycles. The van der Waals surface area contributed by atoms with E-state index >= 15 is 0 Å². The summed E-state index contributed by atoms with van der Waals surface area (Å²) in [5.41, 5.74) is 3.25. The molecule has 1 heterocycles. The molecule has 1 aliphatic rings. The van der Waals surface area contributed by atoms with E-state index in [-0.39, 0.29) is 23.7 Å². The van der Waals surface area contributed by atoms with E-state index in [1.807, 2.05) is 48.3 Å². The molecule has 1 aromatic heterocycles. The second kappa shape index (κ2) is 10.2. The molecule has 0 radical (unpaired) electrons. The van der Waals surface area contributed by atoms with Crippen molar-refractivity contribution in [2.24, 2.45) is 11.8 Å². The molecule has 1 N–H and O–H groups in total. The summed E-state index contributed by atoms with van der Waals surface area (Å²) in [5.74, 6) is 0.313. The molecule has 3 rings (SSSR count). The van der Waals surface area contributed by atoms with E-state index in [1.165, 1.54) is 5.56 Å². The maximum atomic E-state index is 12.8. The van der Waals surface area contributed by atoms with Crippen molar-refractivity contribution in [1.82, 2.24) is 9.88 Å². The van der Waals surface area contributed by atoms with Crippen LogP contribution in [0.3, 0.4) is 0 Å². The van der Waals surface area contributed by atoms with Gasteiger partial charge in [0.2, 0.25) is 11.8 Å². The fourth-order valence-electron chi connectivity index (χ4n) is 4.06. The minimum absolute atomic E-state index is 0.00825. The molecule has 0 bridgehead atoms. The number of benzene rings is 1. The lowest BCUT2D eigenvalue weighted by Gasteiger charge is -2.30. The summed E-state index contributed by atoms with van der Waals surface area (Å²) in [6.07, 6.45) is 8.40. The smallest absolute Gasteiger partial charge is 0.227 e. The van der Waals surface area contributed by atoms with Crippen molar-refractivity contribution in [2.45, 2.75) is 45.4 Å². The molecule has 154 valence electrons. The molecule has 1 aliphatic carbocycles. The Hall–Kier alpha value is -2.69. The van der Waals surface area contributed by atoms with Gasteiger partial charge in [0.1, 0.15) is 0 Å². The Bertz CT molecular complexity index is 814. The van der Waals surface area contributed by atoms with Crippen molar-refractivity contribution in [3.63, 3.8) is 0 Å². The van der Waals surface area contributed by atoms with Crippen LogP contribution in [0.5, 0.6) is 0 Å². The first-order valence-electron chi connectivity index (χ1n) is 10.6. The number of aromatic nitrogens is 1. The molecule has 29 heavy (non-hydrogen) atoms. The van der Waals surface area contributed by atoms with E-state index in [9.17, 15) is 9.59 Å². The van der Waals surface area contributed by atoms with E-state index < -0.39 is 0 Å². The fraction of sp³-hybridized carbons (Fsp3) is 0.458. The van der Waals surface area contributed by atoms with Crippen molar-refractivity contribution >= 4 is 17.5 Å². The van der Waals surface area contributed by atoms with Gasteiger partial charge in [-0.3, -0.25) is 14.6 Å². The van der Waals surface area contributed by atoms with Crippen molar-refractivity contribution in [3.05, 3.63) is 59.9 Å². The van der Waals surface area contributed by atoms with Crippen LogP contribution < -0.4 is 5.32 Å². The third-order valence-electron chi connectivity index (χ3n) is 5.96. The van der Waals surface area contributed by atoms with E-state index in [1.54, 1.807) is 12.4 Å². The Balaban J connectivity index is 1.46. The highest BCUT2D eigenvalue weighted by Crippen LogP contribution is 2.31. The first-order chi connectivity index (χ1) is 14.1. The minimum Gasteiger partial charge on any atom is -0.345 e. The number of amides is 2. The highest BCUT2D eigenvalue weighted by atomic mass is 16.2. The number of rotatable bonds is 7. The maximum absolute atomic E-state index is 12.8. The molecular formula is C24H31N3O2. The second-order valence-corrected chi connectivity index (χ2v) is 7.91. The number of likely N-dealkylation sites (N-methyl/N-ethyl adjacent to an activating group) is 1. The van der Waals surface area contributed by atoms with Crippen molar-refractivity contribution < 1.29 is 9.59 Å². The van der Waals surface area contributed by atoms with Gasteiger partial charge in [-0.05, 0) is 67.9 Å². The summed E-state index contributed by atoms with van der Waals surface area (Å²) in [6.45, 7) is 2.80. The van der Waals surface area contributed by atoms with Gasteiger partial charge in [0.15, 0.2) is 0 Å². The number of para-hydroxylation sites is 1. The lowest BCUT2D eigenvalue weighted by atomic mass is 9.81. The standard InChI is InChI=1S/C24H31N3O2/c1-3-19-6-4-5-7-22(19)26-23(28)20-8-10-21(11-9-20)24(29)27(2)17-14-18-12-15-25-16-13-18/h4-7,12-13,15-16,20-21H,3,8-11,14,17H2,1-2H3,(H,26,28). The first kappa shape index (κ1) is 21.0. The van der Waals surface area contributed by atoms with Crippen molar-refractivity contribution in [1.29, 1.82) is 0 Å². The van der Waals surface area contributed by atoms with Gasteiger partial charge in [0, 0.05) is 43.5 Å². The van der Waals surface area contributed by atoms with Gasteiger partial charge < -0.3 is 10.2 Å². The Kier molecular flexibility index (Phi) is 7.39. The van der Waals surface area contributed by atoms with Crippen LogP contribution in [0.2, 0.25) is 0 Å². The third-order valence-corrected chi connectivity index (χ3v) is 5.96. The summed E-state index contributed by atoms with van der Waals surface area (Å²) >= 11 is 0. The Morgan fingerprint density at radius 1 is 1.03 bits per heavy atom. The molecule has 2 amide bonds. The maximum Gasteiger partial charge on any atom is 0.227 e. The Morgan fingerprint density at radius 2 is 1.69 bits per heavy atom. The number of hydrogen-bond acceptors (Lipinski definition) is 3. The van der Waals surface area contributed by atoms with Crippen LogP contribution in [-0.4, -0.2) is 35.3 Å². The predicted octanol–water partition coefficient (Wildman–Crippen LogP) is 4.09. The SMILES string of the molecule is CCc1ccccc1NC(=O)C1CCC(C(=O)N(C)CCc2ccncc2)CC1. The molecular weight excluding hydrogens is 362 g/mol. The second-order valence-electron chi connectivity index (χ2n) is 7.91. The fourth-order valence-corrected chi connectivity index (χ4v) is 4.06. The van der Waals surface area contributed by atoms with Gasteiger partial charge in [-0.25, -0.2) is 0 Å². The molecule has 0 atom stereocenters. The number of nitrogens with one attached hydrogen (secondary N) is 1. The molecule has 5 nitrogen and oxygen atoms in total. The lowest BCUT2D eigenvalue weighted by molar-refractivity contribution is -0.136. The van der Waals surface area contributed by atoms with E-state index in [2.05, 4.69) is 17.2 Å². The van der Waals surface area contributed by atoms with Gasteiger partial charge in [0.25, 0.3) is 0 Å². The highest BCUT2D eigenvalue weighted by molar-refractivity contribution is 5.93. The zero-order valence-electron chi connectivity index (χ0n) is 17.4. The third kappa shape index (κ3) is 5.66. The van der Waals surface area contributed by atoms with Crippen LogP contribution in [0.15, 0.2) is 48.8 Å². The summed E-state index contributed by atoms with van der Waals surface area (Å²) in [7, 11) is 1.88. The number of aryl methyl sites for hydroxylation is 1. The molecule has 0 aliphatic heterocycles. The molecule has 1 fully saturated rings. The van der Waals surface area contributed by atoms with Crippen molar-refractivity contribution in [2.75, 3.05) is 18.9 Å². The minimum atomic E-state index is -0.00825. The van der Waals surface area contributed by atoms with Gasteiger partial charge in [-0.2, -0.15) is 0 Å². The molecule has 0 unspecified atom stereocenters. The number of carbonyl (C=O) groups is 2. The van der Waals surface area contributed by atoms with E-state index in [0.717, 1.165) is 49.8 Å².